The summed E-state index contributed by atoms with van der Waals surface area (Å²) in [6.07, 6.45) is 0.245. The molecule has 1 heterocycles. The van der Waals surface area contributed by atoms with Crippen molar-refractivity contribution in [2.75, 3.05) is 10.2 Å². The van der Waals surface area contributed by atoms with Crippen LogP contribution in [0.2, 0.25) is 0 Å². The van der Waals surface area contributed by atoms with Crippen LogP contribution < -0.4 is 16.0 Å². The Labute approximate surface area is 156 Å². The summed E-state index contributed by atoms with van der Waals surface area (Å²) in [5.74, 6) is -2.95. The molecule has 3 rings (SSSR count). The molecule has 3 N–H and O–H groups in total. The third-order valence-corrected chi connectivity index (χ3v) is 4.73. The zero-order chi connectivity index (χ0) is 19.7. The van der Waals surface area contributed by atoms with Gasteiger partial charge < -0.3 is 11.1 Å². The van der Waals surface area contributed by atoms with Gasteiger partial charge in [-0.1, -0.05) is 38.1 Å². The van der Waals surface area contributed by atoms with Gasteiger partial charge in [0, 0.05) is 12.1 Å². The van der Waals surface area contributed by atoms with E-state index in [1.54, 1.807) is 18.2 Å². The number of hydrogen-bond acceptors (Lipinski definition) is 3. The Balaban J connectivity index is 1.93. The highest BCUT2D eigenvalue weighted by Gasteiger charge is 2.40. The third kappa shape index (κ3) is 3.55. The average molecular weight is 373 g/mol. The number of anilines is 2. The van der Waals surface area contributed by atoms with Crippen LogP contribution >= 0.6 is 0 Å². The standard InChI is InChI=1S/C20H21F2N3O2/c1-11(2)17(23)20(27)25-15-9-4-3-6-12(15)10-16(25)19(26)24-18-13(21)7-5-8-14(18)22/h3-9,11,16-17H,10,23H2,1-2H3,(H,24,26)/t16-,17-/m0/s1. The Bertz CT molecular complexity index is 865. The number of nitrogens with one attached hydrogen (secondary N) is 1. The number of carbonyl (C=O) groups is 2. The highest BCUT2D eigenvalue weighted by molar-refractivity contribution is 6.08. The van der Waals surface area contributed by atoms with Crippen LogP contribution in [0.4, 0.5) is 20.2 Å². The van der Waals surface area contributed by atoms with Crippen LogP contribution in [0, 0.1) is 17.6 Å². The van der Waals surface area contributed by atoms with E-state index in [2.05, 4.69) is 5.32 Å². The van der Waals surface area contributed by atoms with E-state index >= 15 is 0 Å². The lowest BCUT2D eigenvalue weighted by Gasteiger charge is -2.28. The second kappa shape index (κ2) is 7.44. The first-order valence-electron chi connectivity index (χ1n) is 8.72. The zero-order valence-corrected chi connectivity index (χ0v) is 15.1. The maximum atomic E-state index is 13.9. The van der Waals surface area contributed by atoms with Gasteiger partial charge in [-0.2, -0.15) is 0 Å². The summed E-state index contributed by atoms with van der Waals surface area (Å²) in [6, 6.07) is 8.71. The first-order valence-corrected chi connectivity index (χ1v) is 8.72. The minimum Gasteiger partial charge on any atom is -0.320 e. The number of para-hydroxylation sites is 2. The van der Waals surface area contributed by atoms with Crippen LogP contribution in [0.1, 0.15) is 19.4 Å². The highest BCUT2D eigenvalue weighted by Crippen LogP contribution is 2.34. The molecule has 0 saturated carbocycles. The van der Waals surface area contributed by atoms with Crippen molar-refractivity contribution in [1.82, 2.24) is 0 Å². The molecule has 2 aromatic carbocycles. The lowest BCUT2D eigenvalue weighted by Crippen LogP contribution is -2.53. The van der Waals surface area contributed by atoms with Crippen LogP contribution in [0.15, 0.2) is 42.5 Å². The van der Waals surface area contributed by atoms with Gasteiger partial charge in [-0.15, -0.1) is 0 Å². The quantitative estimate of drug-likeness (QED) is 0.865. The Morgan fingerprint density at radius 3 is 2.37 bits per heavy atom. The summed E-state index contributed by atoms with van der Waals surface area (Å²) in [6.45, 7) is 3.63. The highest BCUT2D eigenvalue weighted by atomic mass is 19.1. The molecule has 0 radical (unpaired) electrons. The molecule has 142 valence electrons. The molecule has 0 aromatic heterocycles. The van der Waals surface area contributed by atoms with Gasteiger partial charge in [-0.25, -0.2) is 8.78 Å². The van der Waals surface area contributed by atoms with Crippen LogP contribution in [0.5, 0.6) is 0 Å². The Morgan fingerprint density at radius 1 is 1.11 bits per heavy atom. The molecule has 0 unspecified atom stereocenters. The number of carbonyl (C=O) groups excluding carboxylic acids is 2. The fourth-order valence-corrected chi connectivity index (χ4v) is 3.14. The second-order valence-electron chi connectivity index (χ2n) is 6.91. The van der Waals surface area contributed by atoms with E-state index in [0.717, 1.165) is 17.7 Å². The SMILES string of the molecule is CC(C)[C@H](N)C(=O)N1c2ccccc2C[C@H]1C(=O)Nc1c(F)cccc1F. The molecule has 5 nitrogen and oxygen atoms in total. The van der Waals surface area contributed by atoms with Crippen molar-refractivity contribution in [3.8, 4) is 0 Å². The molecule has 0 saturated heterocycles. The first-order chi connectivity index (χ1) is 12.8. The number of nitrogens with two attached hydrogens (primary N) is 1. The molecule has 2 atom stereocenters. The summed E-state index contributed by atoms with van der Waals surface area (Å²) >= 11 is 0. The first kappa shape index (κ1) is 19.0. The van der Waals surface area contributed by atoms with Gasteiger partial charge in [-0.3, -0.25) is 14.5 Å². The predicted molar refractivity (Wildman–Crippen MR) is 99.2 cm³/mol. The van der Waals surface area contributed by atoms with Crippen molar-refractivity contribution in [3.05, 3.63) is 59.7 Å². The molecule has 0 bridgehead atoms. The summed E-state index contributed by atoms with van der Waals surface area (Å²) in [7, 11) is 0. The minimum absolute atomic E-state index is 0.127. The molecule has 2 aromatic rings. The number of rotatable bonds is 4. The smallest absolute Gasteiger partial charge is 0.248 e. The summed E-state index contributed by atoms with van der Waals surface area (Å²) < 4.78 is 27.8. The number of fused-ring (bicyclic) bond motifs is 1. The van der Waals surface area contributed by atoms with Crippen LogP contribution in [0.3, 0.4) is 0 Å². The van der Waals surface area contributed by atoms with Crippen molar-refractivity contribution < 1.29 is 18.4 Å². The van der Waals surface area contributed by atoms with E-state index in [9.17, 15) is 18.4 Å². The molecule has 0 aliphatic carbocycles. The molecule has 27 heavy (non-hydrogen) atoms. The number of halogens is 2. The Morgan fingerprint density at radius 2 is 1.74 bits per heavy atom. The molecular weight excluding hydrogens is 352 g/mol. The number of benzene rings is 2. The van der Waals surface area contributed by atoms with Crippen molar-refractivity contribution in [3.63, 3.8) is 0 Å². The summed E-state index contributed by atoms with van der Waals surface area (Å²) in [4.78, 5) is 27.1. The number of nitrogens with zero attached hydrogens (tertiary/aromatic N) is 1. The van der Waals surface area contributed by atoms with Gasteiger partial charge in [0.1, 0.15) is 23.4 Å². The largest absolute Gasteiger partial charge is 0.320 e. The molecule has 2 amide bonds. The monoisotopic (exact) mass is 373 g/mol. The summed E-state index contributed by atoms with van der Waals surface area (Å²) in [5.41, 5.74) is 6.88. The predicted octanol–water partition coefficient (Wildman–Crippen LogP) is 2.84. The van der Waals surface area contributed by atoms with Gasteiger partial charge in [0.15, 0.2) is 0 Å². The third-order valence-electron chi connectivity index (χ3n) is 4.73. The van der Waals surface area contributed by atoms with E-state index in [1.165, 1.54) is 11.0 Å². The van der Waals surface area contributed by atoms with E-state index in [4.69, 9.17) is 5.73 Å². The van der Waals surface area contributed by atoms with Crippen LogP contribution in [-0.4, -0.2) is 23.9 Å². The topological polar surface area (TPSA) is 75.4 Å². The maximum absolute atomic E-state index is 13.9. The van der Waals surface area contributed by atoms with Crippen LogP contribution in [-0.2, 0) is 16.0 Å². The van der Waals surface area contributed by atoms with Gasteiger partial charge in [0.25, 0.3) is 0 Å². The van der Waals surface area contributed by atoms with E-state index in [0.29, 0.717) is 5.69 Å². The maximum Gasteiger partial charge on any atom is 0.248 e. The van der Waals surface area contributed by atoms with E-state index in [1.807, 2.05) is 19.9 Å². The molecule has 1 aliphatic heterocycles. The van der Waals surface area contributed by atoms with E-state index in [-0.39, 0.29) is 12.3 Å². The van der Waals surface area contributed by atoms with Crippen molar-refractivity contribution >= 4 is 23.2 Å². The molecule has 0 fully saturated rings. The number of hydrogen-bond donors (Lipinski definition) is 2. The minimum atomic E-state index is -0.932. The van der Waals surface area contributed by atoms with Crippen molar-refractivity contribution in [2.45, 2.75) is 32.4 Å². The molecule has 7 heteroatoms. The van der Waals surface area contributed by atoms with Crippen LogP contribution in [0.25, 0.3) is 0 Å². The summed E-state index contributed by atoms with van der Waals surface area (Å²) in [5, 5.41) is 2.28. The molecular formula is C20H21F2N3O2. The second-order valence-corrected chi connectivity index (χ2v) is 6.91. The fourth-order valence-electron chi connectivity index (χ4n) is 3.14. The lowest BCUT2D eigenvalue weighted by molar-refractivity contribution is -0.124. The fraction of sp³-hybridized carbons (Fsp3) is 0.300. The molecule has 0 spiro atoms. The number of amides is 2. The van der Waals surface area contributed by atoms with Gasteiger partial charge >= 0.3 is 0 Å². The van der Waals surface area contributed by atoms with Crippen molar-refractivity contribution in [1.29, 1.82) is 0 Å². The lowest BCUT2D eigenvalue weighted by atomic mass is 10.0. The van der Waals surface area contributed by atoms with Gasteiger partial charge in [-0.05, 0) is 29.7 Å². The Kier molecular flexibility index (Phi) is 5.23. The van der Waals surface area contributed by atoms with Gasteiger partial charge in [0.2, 0.25) is 11.8 Å². The van der Waals surface area contributed by atoms with Gasteiger partial charge in [0.05, 0.1) is 6.04 Å². The molecule has 1 aliphatic rings. The van der Waals surface area contributed by atoms with E-state index < -0.39 is 41.2 Å². The van der Waals surface area contributed by atoms with Crippen molar-refractivity contribution in [2.24, 2.45) is 11.7 Å². The normalized spacial score (nSPS) is 17.0. The average Bonchev–Trinajstić information content (AvgIpc) is 3.03. The zero-order valence-electron chi connectivity index (χ0n) is 15.1. The Hall–Kier alpha value is -2.80.